The summed E-state index contributed by atoms with van der Waals surface area (Å²) in [5.74, 6) is 0.246. The summed E-state index contributed by atoms with van der Waals surface area (Å²) in [6.45, 7) is -0.269. The minimum absolute atomic E-state index is 0. The van der Waals surface area contributed by atoms with Crippen LogP contribution in [0.4, 0.5) is 8.78 Å². The molecule has 0 amide bonds. The Labute approximate surface area is 148 Å². The maximum Gasteiger partial charge on any atom is 0.255 e. The third-order valence-corrected chi connectivity index (χ3v) is 4.10. The fourth-order valence-corrected chi connectivity index (χ4v) is 2.91. The fraction of sp³-hybridized carbons (Fsp3) is 0.357. The normalized spacial score (nSPS) is 13.0. The van der Waals surface area contributed by atoms with E-state index in [2.05, 4.69) is 15.6 Å². The minimum Gasteiger partial charge on any atom is -0.386 e. The molecule has 0 aliphatic heterocycles. The number of halogens is 3. The standard InChI is InChI=1S/C14H17F2N3OS.HI/c1-17-14(19-8-13(15)16)18-7-10(20)12-6-9-4-2-3-5-11(9)21-12;/h2-6,10,13,20H,7-8H2,1H3,(H2,17,18,19);1H. The van der Waals surface area contributed by atoms with E-state index < -0.39 is 19.1 Å². The number of fused-ring (bicyclic) bond motifs is 1. The Hall–Kier alpha value is -1.000. The predicted octanol–water partition coefficient (Wildman–Crippen LogP) is 2.98. The van der Waals surface area contributed by atoms with Gasteiger partial charge in [-0.05, 0) is 17.5 Å². The number of hydrogen-bond donors (Lipinski definition) is 3. The summed E-state index contributed by atoms with van der Waals surface area (Å²) in [5.41, 5.74) is 0. The molecule has 0 saturated heterocycles. The van der Waals surface area contributed by atoms with Crippen molar-refractivity contribution in [3.63, 3.8) is 0 Å². The Bertz CT molecular complexity index is 588. The Balaban J connectivity index is 0.00000242. The highest BCUT2D eigenvalue weighted by molar-refractivity contribution is 14.0. The lowest BCUT2D eigenvalue weighted by Gasteiger charge is -2.14. The summed E-state index contributed by atoms with van der Waals surface area (Å²) in [4.78, 5) is 4.65. The van der Waals surface area contributed by atoms with Gasteiger partial charge in [0.15, 0.2) is 5.96 Å². The molecule has 2 rings (SSSR count). The Morgan fingerprint density at radius 2 is 1.95 bits per heavy atom. The first-order chi connectivity index (χ1) is 10.1. The number of aliphatic hydroxyl groups is 1. The molecule has 0 aliphatic carbocycles. The van der Waals surface area contributed by atoms with Gasteiger partial charge < -0.3 is 15.7 Å². The lowest BCUT2D eigenvalue weighted by molar-refractivity contribution is 0.151. The number of nitrogens with one attached hydrogen (secondary N) is 2. The van der Waals surface area contributed by atoms with Crippen molar-refractivity contribution < 1.29 is 13.9 Å². The molecule has 0 spiro atoms. The smallest absolute Gasteiger partial charge is 0.255 e. The largest absolute Gasteiger partial charge is 0.386 e. The van der Waals surface area contributed by atoms with Gasteiger partial charge in [-0.15, -0.1) is 35.3 Å². The number of alkyl halides is 2. The zero-order chi connectivity index (χ0) is 15.2. The molecule has 22 heavy (non-hydrogen) atoms. The second-order valence-electron chi connectivity index (χ2n) is 4.43. The van der Waals surface area contributed by atoms with E-state index in [-0.39, 0.29) is 36.5 Å². The summed E-state index contributed by atoms with van der Waals surface area (Å²) >= 11 is 1.51. The highest BCUT2D eigenvalue weighted by Gasteiger charge is 2.12. The SMILES string of the molecule is CN=C(NCC(F)F)NCC(O)c1cc2ccccc2s1.I. The second-order valence-corrected chi connectivity index (χ2v) is 5.54. The molecular weight excluding hydrogens is 423 g/mol. The molecule has 1 unspecified atom stereocenters. The Kier molecular flexibility index (Phi) is 7.97. The van der Waals surface area contributed by atoms with E-state index >= 15 is 0 Å². The zero-order valence-corrected chi connectivity index (χ0v) is 15.1. The summed E-state index contributed by atoms with van der Waals surface area (Å²) in [5, 5.41) is 16.6. The van der Waals surface area contributed by atoms with Crippen molar-refractivity contribution in [1.29, 1.82) is 0 Å². The molecule has 1 aromatic carbocycles. The van der Waals surface area contributed by atoms with Crippen molar-refractivity contribution in [2.75, 3.05) is 20.1 Å². The van der Waals surface area contributed by atoms with Crippen molar-refractivity contribution in [3.05, 3.63) is 35.2 Å². The van der Waals surface area contributed by atoms with E-state index in [0.717, 1.165) is 15.0 Å². The van der Waals surface area contributed by atoms with Gasteiger partial charge in [0.2, 0.25) is 0 Å². The van der Waals surface area contributed by atoms with E-state index in [4.69, 9.17) is 0 Å². The van der Waals surface area contributed by atoms with E-state index in [1.54, 1.807) is 0 Å². The molecule has 122 valence electrons. The molecule has 1 aromatic heterocycles. The van der Waals surface area contributed by atoms with Gasteiger partial charge in [0, 0.05) is 23.2 Å². The van der Waals surface area contributed by atoms with Crippen molar-refractivity contribution in [1.82, 2.24) is 10.6 Å². The van der Waals surface area contributed by atoms with Crippen molar-refractivity contribution in [2.45, 2.75) is 12.5 Å². The van der Waals surface area contributed by atoms with Crippen LogP contribution in [0.3, 0.4) is 0 Å². The third kappa shape index (κ3) is 5.33. The minimum atomic E-state index is -2.45. The monoisotopic (exact) mass is 441 g/mol. The van der Waals surface area contributed by atoms with E-state index in [1.165, 1.54) is 18.4 Å². The highest BCUT2D eigenvalue weighted by atomic mass is 127. The van der Waals surface area contributed by atoms with Gasteiger partial charge in [0.1, 0.15) is 6.10 Å². The van der Waals surface area contributed by atoms with Crippen molar-refractivity contribution in [3.8, 4) is 0 Å². The number of aliphatic hydroxyl groups excluding tert-OH is 1. The van der Waals surface area contributed by atoms with Crippen LogP contribution in [-0.4, -0.2) is 37.6 Å². The van der Waals surface area contributed by atoms with E-state index in [9.17, 15) is 13.9 Å². The average Bonchev–Trinajstić information content (AvgIpc) is 2.91. The number of thiophene rings is 1. The molecule has 2 aromatic rings. The Morgan fingerprint density at radius 3 is 2.59 bits per heavy atom. The van der Waals surface area contributed by atoms with E-state index in [0.29, 0.717) is 0 Å². The molecule has 0 fully saturated rings. The van der Waals surface area contributed by atoms with Crippen LogP contribution >= 0.6 is 35.3 Å². The molecule has 4 nitrogen and oxygen atoms in total. The number of rotatable bonds is 5. The summed E-state index contributed by atoms with van der Waals surface area (Å²) in [7, 11) is 1.49. The van der Waals surface area contributed by atoms with Gasteiger partial charge in [-0.2, -0.15) is 0 Å². The van der Waals surface area contributed by atoms with Gasteiger partial charge in [0.25, 0.3) is 6.43 Å². The second kappa shape index (κ2) is 9.21. The first kappa shape index (κ1) is 19.0. The topological polar surface area (TPSA) is 56.7 Å². The van der Waals surface area contributed by atoms with Crippen LogP contribution in [0.1, 0.15) is 11.0 Å². The van der Waals surface area contributed by atoms with Crippen molar-refractivity contribution >= 4 is 51.4 Å². The van der Waals surface area contributed by atoms with Crippen LogP contribution in [0.25, 0.3) is 10.1 Å². The zero-order valence-electron chi connectivity index (χ0n) is 11.9. The molecule has 1 atom stereocenters. The number of benzene rings is 1. The first-order valence-electron chi connectivity index (χ1n) is 6.49. The van der Waals surface area contributed by atoms with Gasteiger partial charge in [0.05, 0.1) is 6.54 Å². The predicted molar refractivity (Wildman–Crippen MR) is 97.6 cm³/mol. The molecular formula is C14H18F2IN3OS. The number of guanidine groups is 1. The average molecular weight is 441 g/mol. The highest BCUT2D eigenvalue weighted by Crippen LogP contribution is 2.29. The molecule has 0 bridgehead atoms. The van der Waals surface area contributed by atoms with Crippen LogP contribution in [0, 0.1) is 0 Å². The molecule has 3 N–H and O–H groups in total. The molecule has 1 heterocycles. The summed E-state index contributed by atoms with van der Waals surface area (Å²) < 4.78 is 25.3. The first-order valence-corrected chi connectivity index (χ1v) is 7.31. The van der Waals surface area contributed by atoms with Crippen molar-refractivity contribution in [2.24, 2.45) is 4.99 Å². The lowest BCUT2D eigenvalue weighted by Crippen LogP contribution is -2.41. The van der Waals surface area contributed by atoms with Crippen LogP contribution in [0.15, 0.2) is 35.3 Å². The molecule has 0 aliphatic rings. The molecule has 8 heteroatoms. The fourth-order valence-electron chi connectivity index (χ4n) is 1.86. The molecule has 0 saturated carbocycles. The van der Waals surface area contributed by atoms with Gasteiger partial charge in [-0.25, -0.2) is 8.78 Å². The lowest BCUT2D eigenvalue weighted by atomic mass is 10.2. The number of nitrogens with zero attached hydrogens (tertiary/aromatic N) is 1. The maximum absolute atomic E-state index is 12.1. The third-order valence-electron chi connectivity index (χ3n) is 2.88. The summed E-state index contributed by atoms with van der Waals surface area (Å²) in [6, 6.07) is 9.80. The van der Waals surface area contributed by atoms with Gasteiger partial charge >= 0.3 is 0 Å². The quantitative estimate of drug-likeness (QED) is 0.380. The van der Waals surface area contributed by atoms with Gasteiger partial charge in [-0.3, -0.25) is 4.99 Å². The number of aliphatic imine (C=N–C) groups is 1. The number of hydrogen-bond acceptors (Lipinski definition) is 3. The summed E-state index contributed by atoms with van der Waals surface area (Å²) in [6.07, 6.45) is -3.16. The van der Waals surface area contributed by atoms with Crippen LogP contribution < -0.4 is 10.6 Å². The van der Waals surface area contributed by atoms with Gasteiger partial charge in [-0.1, -0.05) is 18.2 Å². The van der Waals surface area contributed by atoms with Crippen LogP contribution in [-0.2, 0) is 0 Å². The van der Waals surface area contributed by atoms with E-state index in [1.807, 2.05) is 30.3 Å². The van der Waals surface area contributed by atoms with Crippen LogP contribution in [0.5, 0.6) is 0 Å². The molecule has 0 radical (unpaired) electrons. The maximum atomic E-state index is 12.1. The van der Waals surface area contributed by atoms with Crippen LogP contribution in [0.2, 0.25) is 0 Å². The Morgan fingerprint density at radius 1 is 1.27 bits per heavy atom.